The number of ether oxygens (including phenoxy) is 1. The van der Waals surface area contributed by atoms with Crippen LogP contribution in [0.1, 0.15) is 71.4 Å². The third-order valence-electron chi connectivity index (χ3n) is 5.12. The Morgan fingerprint density at radius 1 is 1.19 bits per heavy atom. The van der Waals surface area contributed by atoms with Crippen molar-refractivity contribution in [3.63, 3.8) is 0 Å². The molecule has 164 valence electrons. The van der Waals surface area contributed by atoms with Crippen molar-refractivity contribution in [3.8, 4) is 0 Å². The molecule has 0 saturated carbocycles. The largest absolute Gasteiger partial charge is 0.427 e. The third kappa shape index (κ3) is 5.47. The van der Waals surface area contributed by atoms with Gasteiger partial charge < -0.3 is 9.57 Å². The molecule has 1 unspecified atom stereocenters. The van der Waals surface area contributed by atoms with Gasteiger partial charge in [-0.3, -0.25) is 4.79 Å². The number of oxime groups is 1. The Labute approximate surface area is 187 Å². The smallest absolute Gasteiger partial charge is 0.343 e. The molecule has 0 N–H and O–H groups in total. The van der Waals surface area contributed by atoms with Gasteiger partial charge >= 0.3 is 5.97 Å². The molecule has 1 aromatic carbocycles. The summed E-state index contributed by atoms with van der Waals surface area (Å²) in [6, 6.07) is 8.78. The van der Waals surface area contributed by atoms with E-state index in [4.69, 9.17) is 9.57 Å². The van der Waals surface area contributed by atoms with Crippen molar-refractivity contribution in [2.45, 2.75) is 59.3 Å². The van der Waals surface area contributed by atoms with Gasteiger partial charge in [-0.1, -0.05) is 36.7 Å². The molecule has 1 heterocycles. The number of carbonyl (C=O) groups is 2. The lowest BCUT2D eigenvalue weighted by Gasteiger charge is -2.25. The standard InChI is InChI=1S/C24H28N2O4S/c1-5-10-19(26-29-6-2)22-20(27)13-18(23-25-15(3)16(4)31-23)14-21(22)30-24(28)17-11-8-7-9-12-17/h7-9,11-12,18H,5-6,10,13-14H2,1-4H3. The second-order valence-electron chi connectivity index (χ2n) is 7.48. The van der Waals surface area contributed by atoms with E-state index < -0.39 is 5.97 Å². The summed E-state index contributed by atoms with van der Waals surface area (Å²) < 4.78 is 5.82. The Morgan fingerprint density at radius 3 is 2.55 bits per heavy atom. The fraction of sp³-hybridized carbons (Fsp3) is 0.417. The summed E-state index contributed by atoms with van der Waals surface area (Å²) in [7, 11) is 0. The number of esters is 1. The van der Waals surface area contributed by atoms with Gasteiger partial charge in [-0.25, -0.2) is 9.78 Å². The first kappa shape index (κ1) is 22.9. The van der Waals surface area contributed by atoms with Gasteiger partial charge in [0.2, 0.25) is 0 Å². The molecule has 0 fully saturated rings. The highest BCUT2D eigenvalue weighted by Gasteiger charge is 2.35. The average molecular weight is 441 g/mol. The number of nitrogens with zero attached hydrogens (tertiary/aromatic N) is 2. The summed E-state index contributed by atoms with van der Waals surface area (Å²) in [4.78, 5) is 37.1. The molecular weight excluding hydrogens is 412 g/mol. The predicted octanol–water partition coefficient (Wildman–Crippen LogP) is 5.51. The molecule has 6 nitrogen and oxygen atoms in total. The van der Waals surface area contributed by atoms with Crippen molar-refractivity contribution in [2.75, 3.05) is 6.61 Å². The van der Waals surface area contributed by atoms with E-state index in [1.165, 1.54) is 0 Å². The maximum Gasteiger partial charge on any atom is 0.343 e. The lowest BCUT2D eigenvalue weighted by atomic mass is 9.84. The predicted molar refractivity (Wildman–Crippen MR) is 121 cm³/mol. The average Bonchev–Trinajstić information content (AvgIpc) is 3.10. The first-order valence-corrected chi connectivity index (χ1v) is 11.4. The van der Waals surface area contributed by atoms with E-state index in [0.29, 0.717) is 48.5 Å². The van der Waals surface area contributed by atoms with Crippen molar-refractivity contribution in [3.05, 3.63) is 62.8 Å². The summed E-state index contributed by atoms with van der Waals surface area (Å²) in [5.74, 6) is -0.348. The van der Waals surface area contributed by atoms with E-state index in [2.05, 4.69) is 10.1 Å². The van der Waals surface area contributed by atoms with Gasteiger partial charge in [0.1, 0.15) is 12.4 Å². The summed E-state index contributed by atoms with van der Waals surface area (Å²) in [5, 5.41) is 5.08. The molecule has 0 aliphatic heterocycles. The Bertz CT molecular complexity index is 988. The quantitative estimate of drug-likeness (QED) is 0.307. The lowest BCUT2D eigenvalue weighted by molar-refractivity contribution is -0.116. The number of carbonyl (C=O) groups excluding carboxylic acids is 2. The number of allylic oxidation sites excluding steroid dienone is 2. The molecule has 0 bridgehead atoms. The SMILES string of the molecule is CCCC(=NOCC)C1=C(OC(=O)c2ccccc2)CC(c2nc(C)c(C)s2)CC1=O. The van der Waals surface area contributed by atoms with Crippen molar-refractivity contribution in [2.24, 2.45) is 5.16 Å². The topological polar surface area (TPSA) is 77.8 Å². The normalized spacial score (nSPS) is 17.1. The van der Waals surface area contributed by atoms with Gasteiger partial charge in [0, 0.05) is 23.6 Å². The zero-order valence-corrected chi connectivity index (χ0v) is 19.3. The van der Waals surface area contributed by atoms with E-state index in [1.807, 2.05) is 33.8 Å². The molecule has 31 heavy (non-hydrogen) atoms. The zero-order valence-electron chi connectivity index (χ0n) is 18.4. The molecule has 2 aromatic rings. The van der Waals surface area contributed by atoms with Crippen LogP contribution in [0.25, 0.3) is 0 Å². The molecule has 0 spiro atoms. The highest BCUT2D eigenvalue weighted by molar-refractivity contribution is 7.11. The maximum atomic E-state index is 13.3. The van der Waals surface area contributed by atoms with Crippen LogP contribution in [0.15, 0.2) is 46.8 Å². The molecule has 7 heteroatoms. The van der Waals surface area contributed by atoms with E-state index in [0.717, 1.165) is 22.0 Å². The highest BCUT2D eigenvalue weighted by Crippen LogP contribution is 2.38. The Hall–Kier alpha value is -2.80. The second-order valence-corrected chi connectivity index (χ2v) is 8.72. The molecular formula is C24H28N2O4S. The van der Waals surface area contributed by atoms with Gasteiger partial charge in [0.05, 0.1) is 27.5 Å². The molecule has 3 rings (SSSR count). The first-order chi connectivity index (χ1) is 14.9. The molecule has 1 aliphatic carbocycles. The van der Waals surface area contributed by atoms with Crippen LogP contribution in [-0.4, -0.2) is 29.1 Å². The van der Waals surface area contributed by atoms with Crippen LogP contribution in [0.5, 0.6) is 0 Å². The number of Topliss-reactive ketones (excluding diaryl/α,β-unsaturated/α-hetero) is 1. The second kappa shape index (κ2) is 10.5. The third-order valence-corrected chi connectivity index (χ3v) is 6.36. The minimum atomic E-state index is -0.486. The number of hydrogen-bond acceptors (Lipinski definition) is 7. The van der Waals surface area contributed by atoms with Gasteiger partial charge in [-0.05, 0) is 39.3 Å². The fourth-order valence-electron chi connectivity index (χ4n) is 3.48. The number of aromatic nitrogens is 1. The van der Waals surface area contributed by atoms with Crippen molar-refractivity contribution < 1.29 is 19.2 Å². The number of thiazole rings is 1. The number of hydrogen-bond donors (Lipinski definition) is 0. The van der Waals surface area contributed by atoms with Gasteiger partial charge in [-0.2, -0.15) is 0 Å². The van der Waals surface area contributed by atoms with E-state index in [9.17, 15) is 9.59 Å². The van der Waals surface area contributed by atoms with Crippen LogP contribution in [0.3, 0.4) is 0 Å². The van der Waals surface area contributed by atoms with E-state index in [1.54, 1.807) is 35.6 Å². The van der Waals surface area contributed by atoms with E-state index in [-0.39, 0.29) is 11.7 Å². The Morgan fingerprint density at radius 2 is 1.94 bits per heavy atom. The first-order valence-electron chi connectivity index (χ1n) is 10.6. The maximum absolute atomic E-state index is 13.3. The number of rotatable bonds is 8. The summed E-state index contributed by atoms with van der Waals surface area (Å²) in [5.41, 5.74) is 2.31. The molecule has 1 aromatic heterocycles. The minimum Gasteiger partial charge on any atom is -0.427 e. The van der Waals surface area contributed by atoms with Crippen LogP contribution in [-0.2, 0) is 14.4 Å². The fourth-order valence-corrected chi connectivity index (χ4v) is 4.50. The van der Waals surface area contributed by atoms with Gasteiger partial charge in [0.25, 0.3) is 0 Å². The minimum absolute atomic E-state index is 0.0930. The van der Waals surface area contributed by atoms with Gasteiger partial charge in [0.15, 0.2) is 5.78 Å². The summed E-state index contributed by atoms with van der Waals surface area (Å²) in [6.07, 6.45) is 2.08. The molecule has 1 atom stereocenters. The van der Waals surface area contributed by atoms with Gasteiger partial charge in [-0.15, -0.1) is 11.3 Å². The van der Waals surface area contributed by atoms with Crippen LogP contribution in [0.2, 0.25) is 0 Å². The Kier molecular flexibility index (Phi) is 7.74. The van der Waals surface area contributed by atoms with Crippen molar-refractivity contribution in [1.29, 1.82) is 0 Å². The van der Waals surface area contributed by atoms with Crippen LogP contribution >= 0.6 is 11.3 Å². The summed E-state index contributed by atoms with van der Waals surface area (Å²) in [6.45, 7) is 8.23. The molecule has 0 radical (unpaired) electrons. The van der Waals surface area contributed by atoms with Crippen molar-refractivity contribution >= 4 is 28.8 Å². The Balaban J connectivity index is 2.01. The molecule has 0 amide bonds. The molecule has 1 aliphatic rings. The van der Waals surface area contributed by atoms with Crippen LogP contribution < -0.4 is 0 Å². The summed E-state index contributed by atoms with van der Waals surface area (Å²) >= 11 is 1.59. The monoisotopic (exact) mass is 440 g/mol. The lowest BCUT2D eigenvalue weighted by Crippen LogP contribution is -2.26. The highest BCUT2D eigenvalue weighted by atomic mass is 32.1. The number of benzene rings is 1. The van der Waals surface area contributed by atoms with Crippen molar-refractivity contribution in [1.82, 2.24) is 4.98 Å². The molecule has 0 saturated heterocycles. The number of ketones is 1. The van der Waals surface area contributed by atoms with E-state index >= 15 is 0 Å². The van der Waals surface area contributed by atoms with Crippen LogP contribution in [0, 0.1) is 13.8 Å². The number of aryl methyl sites for hydroxylation is 2. The van der Waals surface area contributed by atoms with Crippen LogP contribution in [0.4, 0.5) is 0 Å². The zero-order chi connectivity index (χ0) is 22.4.